The van der Waals surface area contributed by atoms with Crippen LogP contribution < -0.4 is 10.9 Å². The fourth-order valence-corrected chi connectivity index (χ4v) is 3.42. The van der Waals surface area contributed by atoms with Gasteiger partial charge in [0.05, 0.1) is 0 Å². The molecular formula is C22H19N3O3. The van der Waals surface area contributed by atoms with Crippen molar-refractivity contribution in [1.29, 1.82) is 0 Å². The lowest BCUT2D eigenvalue weighted by Crippen LogP contribution is -2.39. The molecule has 6 nitrogen and oxygen atoms in total. The molecule has 0 saturated carbocycles. The molecule has 1 N–H and O–H groups in total. The summed E-state index contributed by atoms with van der Waals surface area (Å²) in [6.07, 6.45) is 3.55. The van der Waals surface area contributed by atoms with Gasteiger partial charge in [0.25, 0.3) is 5.56 Å². The molecule has 0 fully saturated rings. The van der Waals surface area contributed by atoms with E-state index in [2.05, 4.69) is 5.32 Å². The summed E-state index contributed by atoms with van der Waals surface area (Å²) in [5, 5.41) is 4.67. The second-order valence-electron chi connectivity index (χ2n) is 6.73. The fourth-order valence-electron chi connectivity index (χ4n) is 3.42. The first-order chi connectivity index (χ1) is 13.5. The third-order valence-corrected chi connectivity index (χ3v) is 4.91. The van der Waals surface area contributed by atoms with Gasteiger partial charge in [0.2, 0.25) is 0 Å². The first-order valence-electron chi connectivity index (χ1n) is 8.97. The van der Waals surface area contributed by atoms with Gasteiger partial charge in [-0.25, -0.2) is 0 Å². The number of benzene rings is 2. The van der Waals surface area contributed by atoms with Crippen molar-refractivity contribution in [3.8, 4) is 0 Å². The third kappa shape index (κ3) is 3.20. The van der Waals surface area contributed by atoms with Crippen molar-refractivity contribution in [1.82, 2.24) is 9.47 Å². The van der Waals surface area contributed by atoms with Crippen LogP contribution in [0.15, 0.2) is 71.7 Å². The molecule has 1 aromatic heterocycles. The SMILES string of the molecule is Cn1cccc(NC(=O)C(=O)N2CC=C(c3cccc4ccccc34)C2)c1=O. The van der Waals surface area contributed by atoms with Crippen LogP contribution in [0.25, 0.3) is 16.3 Å². The van der Waals surface area contributed by atoms with Crippen LogP contribution in [0.4, 0.5) is 5.69 Å². The minimum Gasteiger partial charge on any atom is -0.326 e. The lowest BCUT2D eigenvalue weighted by atomic mass is 9.99. The minimum absolute atomic E-state index is 0.0878. The Morgan fingerprint density at radius 1 is 1.00 bits per heavy atom. The van der Waals surface area contributed by atoms with E-state index in [1.54, 1.807) is 19.3 Å². The van der Waals surface area contributed by atoms with Crippen LogP contribution in [-0.2, 0) is 16.6 Å². The Kier molecular flexibility index (Phi) is 4.53. The summed E-state index contributed by atoms with van der Waals surface area (Å²) in [6, 6.07) is 17.2. The maximum Gasteiger partial charge on any atom is 0.314 e. The van der Waals surface area contributed by atoms with E-state index in [9.17, 15) is 14.4 Å². The zero-order valence-corrected chi connectivity index (χ0v) is 15.4. The van der Waals surface area contributed by atoms with Crippen molar-refractivity contribution in [2.24, 2.45) is 7.05 Å². The Labute approximate surface area is 161 Å². The molecule has 28 heavy (non-hydrogen) atoms. The zero-order chi connectivity index (χ0) is 19.7. The van der Waals surface area contributed by atoms with Crippen molar-refractivity contribution in [3.05, 3.63) is 82.8 Å². The summed E-state index contributed by atoms with van der Waals surface area (Å²) in [7, 11) is 1.58. The number of nitrogens with one attached hydrogen (secondary N) is 1. The van der Waals surface area contributed by atoms with Gasteiger partial charge < -0.3 is 14.8 Å². The number of carbonyl (C=O) groups is 2. The van der Waals surface area contributed by atoms with E-state index in [1.807, 2.05) is 48.5 Å². The number of pyridine rings is 1. The zero-order valence-electron chi connectivity index (χ0n) is 15.4. The molecular weight excluding hydrogens is 354 g/mol. The lowest BCUT2D eigenvalue weighted by molar-refractivity contribution is -0.142. The van der Waals surface area contributed by atoms with Crippen LogP contribution in [-0.4, -0.2) is 34.4 Å². The van der Waals surface area contributed by atoms with Crippen molar-refractivity contribution < 1.29 is 9.59 Å². The second-order valence-corrected chi connectivity index (χ2v) is 6.73. The molecule has 6 heteroatoms. The normalized spacial score (nSPS) is 13.5. The molecule has 1 aliphatic rings. The van der Waals surface area contributed by atoms with Crippen molar-refractivity contribution in [2.75, 3.05) is 18.4 Å². The molecule has 0 atom stereocenters. The van der Waals surface area contributed by atoms with Gasteiger partial charge in [-0.2, -0.15) is 0 Å². The molecule has 2 heterocycles. The number of rotatable bonds is 2. The molecule has 0 unspecified atom stereocenters. The summed E-state index contributed by atoms with van der Waals surface area (Å²) < 4.78 is 1.34. The van der Waals surface area contributed by atoms with Crippen molar-refractivity contribution in [3.63, 3.8) is 0 Å². The Hall–Kier alpha value is -3.67. The number of carbonyl (C=O) groups excluding carboxylic acids is 2. The predicted octanol–water partition coefficient (Wildman–Crippen LogP) is 2.40. The average Bonchev–Trinajstić information content (AvgIpc) is 3.20. The lowest BCUT2D eigenvalue weighted by Gasteiger charge is -2.16. The highest BCUT2D eigenvalue weighted by atomic mass is 16.2. The van der Waals surface area contributed by atoms with E-state index >= 15 is 0 Å². The van der Waals surface area contributed by atoms with E-state index in [1.165, 1.54) is 15.5 Å². The molecule has 0 bridgehead atoms. The molecule has 140 valence electrons. The topological polar surface area (TPSA) is 71.4 Å². The molecule has 4 rings (SSSR count). The Balaban J connectivity index is 1.50. The summed E-state index contributed by atoms with van der Waals surface area (Å²) in [5.74, 6) is -1.46. The minimum atomic E-state index is -0.809. The number of fused-ring (bicyclic) bond motifs is 1. The molecule has 2 amide bonds. The molecule has 3 aromatic rings. The summed E-state index contributed by atoms with van der Waals surface area (Å²) in [5.41, 5.74) is 1.80. The van der Waals surface area contributed by atoms with Gasteiger partial charge >= 0.3 is 11.8 Å². The van der Waals surface area contributed by atoms with E-state index in [0.717, 1.165) is 21.9 Å². The molecule has 1 aliphatic heterocycles. The van der Waals surface area contributed by atoms with E-state index in [0.29, 0.717) is 13.1 Å². The number of aromatic nitrogens is 1. The number of hydrogen-bond donors (Lipinski definition) is 1. The van der Waals surface area contributed by atoms with E-state index < -0.39 is 11.8 Å². The van der Waals surface area contributed by atoms with Gasteiger partial charge in [0.1, 0.15) is 5.69 Å². The number of anilines is 1. The Morgan fingerprint density at radius 3 is 2.64 bits per heavy atom. The van der Waals surface area contributed by atoms with Gasteiger partial charge in [0.15, 0.2) is 0 Å². The highest BCUT2D eigenvalue weighted by Gasteiger charge is 2.27. The number of nitrogens with zero attached hydrogens (tertiary/aromatic N) is 2. The number of amides is 2. The molecule has 0 saturated heterocycles. The number of hydrogen-bond acceptors (Lipinski definition) is 3. The van der Waals surface area contributed by atoms with Gasteiger partial charge in [-0.15, -0.1) is 0 Å². The molecule has 0 radical (unpaired) electrons. The van der Waals surface area contributed by atoms with Crippen LogP contribution in [0.3, 0.4) is 0 Å². The standard InChI is InChI=1S/C22H19N3O3/c1-24-12-5-10-19(21(24)27)23-20(26)22(28)25-13-11-16(14-25)18-9-4-7-15-6-2-3-8-17(15)18/h2-12H,13-14H2,1H3,(H,23,26). The largest absolute Gasteiger partial charge is 0.326 e. The van der Waals surface area contributed by atoms with Gasteiger partial charge in [-0.3, -0.25) is 14.4 Å². The van der Waals surface area contributed by atoms with Gasteiger partial charge in [0, 0.05) is 26.3 Å². The smallest absolute Gasteiger partial charge is 0.314 e. The summed E-state index contributed by atoms with van der Waals surface area (Å²) in [4.78, 5) is 38.4. The first-order valence-corrected chi connectivity index (χ1v) is 8.97. The Bertz CT molecular complexity index is 1170. The van der Waals surface area contributed by atoms with Crippen LogP contribution in [0.2, 0.25) is 0 Å². The van der Waals surface area contributed by atoms with Crippen LogP contribution in [0.1, 0.15) is 5.56 Å². The predicted molar refractivity (Wildman–Crippen MR) is 109 cm³/mol. The van der Waals surface area contributed by atoms with Crippen LogP contribution >= 0.6 is 0 Å². The van der Waals surface area contributed by atoms with Gasteiger partial charge in [-0.05, 0) is 34.0 Å². The second kappa shape index (κ2) is 7.15. The third-order valence-electron chi connectivity index (χ3n) is 4.91. The monoisotopic (exact) mass is 373 g/mol. The quantitative estimate of drug-likeness (QED) is 0.701. The highest BCUT2D eigenvalue weighted by Crippen LogP contribution is 2.28. The number of aryl methyl sites for hydroxylation is 1. The molecule has 0 aliphatic carbocycles. The maximum absolute atomic E-state index is 12.6. The van der Waals surface area contributed by atoms with Gasteiger partial charge in [-0.1, -0.05) is 48.5 Å². The van der Waals surface area contributed by atoms with E-state index in [4.69, 9.17) is 0 Å². The van der Waals surface area contributed by atoms with Crippen LogP contribution in [0, 0.1) is 0 Å². The summed E-state index contributed by atoms with van der Waals surface area (Å²) >= 11 is 0. The average molecular weight is 373 g/mol. The first kappa shape index (κ1) is 17.7. The fraction of sp³-hybridized carbons (Fsp3) is 0.136. The molecule has 2 aromatic carbocycles. The summed E-state index contributed by atoms with van der Waals surface area (Å²) in [6.45, 7) is 0.713. The van der Waals surface area contributed by atoms with Crippen molar-refractivity contribution in [2.45, 2.75) is 0 Å². The van der Waals surface area contributed by atoms with E-state index in [-0.39, 0.29) is 11.2 Å². The van der Waals surface area contributed by atoms with Crippen molar-refractivity contribution >= 4 is 33.8 Å². The Morgan fingerprint density at radius 2 is 1.79 bits per heavy atom. The van der Waals surface area contributed by atoms with Crippen LogP contribution in [0.5, 0.6) is 0 Å². The molecule has 0 spiro atoms. The maximum atomic E-state index is 12.6. The highest BCUT2D eigenvalue weighted by molar-refractivity contribution is 6.39.